The molecule has 1 aromatic carbocycles. The zero-order valence-electron chi connectivity index (χ0n) is 6.41. The highest BCUT2D eigenvalue weighted by atomic mass is 15.0. The summed E-state index contributed by atoms with van der Waals surface area (Å²) in [6.45, 7) is 0.583. The van der Waals surface area contributed by atoms with Gasteiger partial charge in [-0.05, 0) is 18.2 Å². The quantitative estimate of drug-likeness (QED) is 0.574. The van der Waals surface area contributed by atoms with E-state index in [4.69, 9.17) is 0 Å². The van der Waals surface area contributed by atoms with Gasteiger partial charge in [0, 0.05) is 17.1 Å². The molecule has 2 heterocycles. The highest BCUT2D eigenvalue weighted by molar-refractivity contribution is 5.78. The molecule has 1 N–H and O–H groups in total. The van der Waals surface area contributed by atoms with Crippen LogP contribution < -0.4 is 10.7 Å². The van der Waals surface area contributed by atoms with Crippen LogP contribution in [-0.4, -0.2) is 11.7 Å². The summed E-state index contributed by atoms with van der Waals surface area (Å²) in [6, 6.07) is 6.09. The number of fused-ring (bicyclic) bond motifs is 3. The van der Waals surface area contributed by atoms with E-state index in [1.165, 1.54) is 5.39 Å². The number of hydrogen-bond acceptors (Lipinski definition) is 2. The van der Waals surface area contributed by atoms with Crippen molar-refractivity contribution in [1.29, 1.82) is 0 Å². The van der Waals surface area contributed by atoms with Crippen molar-refractivity contribution in [3.05, 3.63) is 35.1 Å². The molecule has 0 unspecified atom stereocenters. The molecule has 0 spiro atoms. The Balaban J connectivity index is 2.73. The molecule has 0 atom stereocenters. The largest absolute Gasteiger partial charge is 0.361 e. The zero-order valence-corrected chi connectivity index (χ0v) is 6.41. The van der Waals surface area contributed by atoms with Gasteiger partial charge in [0.15, 0.2) is 0 Å². The third-order valence-electron chi connectivity index (χ3n) is 2.15. The van der Waals surface area contributed by atoms with E-state index in [9.17, 15) is 0 Å². The molecule has 0 saturated carbocycles. The number of nitrogens with zero attached hydrogens (tertiary/aromatic N) is 2. The number of nitrogens with one attached hydrogen (secondary N) is 1. The first-order valence-corrected chi connectivity index (χ1v) is 3.90. The minimum absolute atomic E-state index is 0.583. The summed E-state index contributed by atoms with van der Waals surface area (Å²) in [5.41, 5.74) is 1.13. The Bertz CT molecular complexity index is 551. The van der Waals surface area contributed by atoms with E-state index < -0.39 is 0 Å². The van der Waals surface area contributed by atoms with Crippen LogP contribution in [0.15, 0.2) is 34.4 Å². The van der Waals surface area contributed by atoms with Gasteiger partial charge in [0.1, 0.15) is 6.67 Å². The molecule has 0 fully saturated rings. The normalized spacial score (nSPS) is 14.0. The first-order chi connectivity index (χ1) is 5.95. The number of benzene rings is 1. The summed E-state index contributed by atoms with van der Waals surface area (Å²) in [7, 11) is 0. The molecule has 1 aliphatic heterocycles. The minimum Gasteiger partial charge on any atom is -0.361 e. The molecular weight excluding hydrogens is 150 g/mol. The van der Waals surface area contributed by atoms with Crippen LogP contribution in [0.25, 0.3) is 10.9 Å². The van der Waals surface area contributed by atoms with Crippen molar-refractivity contribution >= 4 is 10.9 Å². The van der Waals surface area contributed by atoms with E-state index in [1.54, 1.807) is 0 Å². The second-order valence-electron chi connectivity index (χ2n) is 2.83. The van der Waals surface area contributed by atoms with E-state index in [2.05, 4.69) is 15.0 Å². The van der Waals surface area contributed by atoms with Crippen LogP contribution in [0, 0.1) is 0 Å². The lowest BCUT2D eigenvalue weighted by atomic mass is 10.2. The number of aromatic amines is 1. The molecule has 0 amide bonds. The Morgan fingerprint density at radius 3 is 3.17 bits per heavy atom. The van der Waals surface area contributed by atoms with Gasteiger partial charge in [0.05, 0.1) is 10.7 Å². The van der Waals surface area contributed by atoms with Crippen LogP contribution in [-0.2, 0) is 0 Å². The summed E-state index contributed by atoms with van der Waals surface area (Å²) < 4.78 is 0. The lowest BCUT2D eigenvalue weighted by Gasteiger charge is -1.86. The first kappa shape index (κ1) is 5.94. The number of rotatable bonds is 0. The monoisotopic (exact) mass is 157 g/mol. The van der Waals surface area contributed by atoms with Crippen molar-refractivity contribution in [2.75, 3.05) is 6.67 Å². The van der Waals surface area contributed by atoms with Crippen molar-refractivity contribution in [2.45, 2.75) is 0 Å². The number of H-pyrrole nitrogens is 1. The molecular formula is C9H7N3. The second-order valence-corrected chi connectivity index (χ2v) is 2.83. The third kappa shape index (κ3) is 0.605. The lowest BCUT2D eigenvalue weighted by Crippen LogP contribution is -2.21. The van der Waals surface area contributed by atoms with Crippen molar-refractivity contribution in [2.24, 2.45) is 9.98 Å². The maximum Gasteiger partial charge on any atom is 0.130 e. The van der Waals surface area contributed by atoms with Crippen molar-refractivity contribution in [3.8, 4) is 0 Å². The van der Waals surface area contributed by atoms with Crippen molar-refractivity contribution in [1.82, 2.24) is 4.98 Å². The van der Waals surface area contributed by atoms with Crippen molar-refractivity contribution < 1.29 is 0 Å². The van der Waals surface area contributed by atoms with Crippen LogP contribution in [0.3, 0.4) is 0 Å². The smallest absolute Gasteiger partial charge is 0.130 e. The summed E-state index contributed by atoms with van der Waals surface area (Å²) in [4.78, 5) is 11.7. The van der Waals surface area contributed by atoms with Gasteiger partial charge in [0.25, 0.3) is 0 Å². The predicted octanol–water partition coefficient (Wildman–Crippen LogP) is 0.378. The van der Waals surface area contributed by atoms with Gasteiger partial charge in [-0.25, -0.2) is 0 Å². The molecule has 1 aliphatic rings. The van der Waals surface area contributed by atoms with Crippen LogP contribution in [0.2, 0.25) is 0 Å². The Morgan fingerprint density at radius 1 is 1.17 bits per heavy atom. The topological polar surface area (TPSA) is 40.5 Å². The highest BCUT2D eigenvalue weighted by Crippen LogP contribution is 2.04. The summed E-state index contributed by atoms with van der Waals surface area (Å²) in [5.74, 6) is 0. The molecule has 0 saturated heterocycles. The van der Waals surface area contributed by atoms with E-state index in [-0.39, 0.29) is 0 Å². The molecule has 2 aromatic rings. The van der Waals surface area contributed by atoms with Gasteiger partial charge in [-0.15, -0.1) is 0 Å². The molecule has 12 heavy (non-hydrogen) atoms. The zero-order chi connectivity index (χ0) is 7.97. The Hall–Kier alpha value is -1.64. The van der Waals surface area contributed by atoms with Crippen LogP contribution in [0.4, 0.5) is 0 Å². The SMILES string of the molecule is c1cc2c3c(ccc2[nH]1)=NCN=3. The standard InChI is InChI=1S/C9H7N3/c1-2-8-9(12-5-11-8)6-3-4-10-7(1)6/h1-4,10H,5H2. The molecule has 1 aromatic heterocycles. The predicted molar refractivity (Wildman–Crippen MR) is 45.5 cm³/mol. The fourth-order valence-corrected chi connectivity index (χ4v) is 1.58. The molecule has 58 valence electrons. The van der Waals surface area contributed by atoms with Crippen LogP contribution >= 0.6 is 0 Å². The van der Waals surface area contributed by atoms with Gasteiger partial charge in [-0.1, -0.05) is 0 Å². The molecule has 0 aliphatic carbocycles. The first-order valence-electron chi connectivity index (χ1n) is 3.90. The molecule has 3 heteroatoms. The van der Waals surface area contributed by atoms with E-state index in [0.29, 0.717) is 6.67 Å². The molecule has 0 bridgehead atoms. The average Bonchev–Trinajstić information content (AvgIpc) is 2.71. The van der Waals surface area contributed by atoms with Gasteiger partial charge in [-0.2, -0.15) is 0 Å². The highest BCUT2D eigenvalue weighted by Gasteiger charge is 2.01. The second kappa shape index (κ2) is 1.94. The van der Waals surface area contributed by atoms with Gasteiger partial charge in [0.2, 0.25) is 0 Å². The van der Waals surface area contributed by atoms with Crippen LogP contribution in [0.5, 0.6) is 0 Å². The fourth-order valence-electron chi connectivity index (χ4n) is 1.58. The Kier molecular flexibility index (Phi) is 0.961. The Labute approximate surface area is 68.5 Å². The molecule has 3 rings (SSSR count). The van der Waals surface area contributed by atoms with Gasteiger partial charge in [-0.3, -0.25) is 9.98 Å². The van der Waals surface area contributed by atoms with E-state index in [1.807, 2.05) is 24.4 Å². The number of aromatic nitrogens is 1. The van der Waals surface area contributed by atoms with Crippen molar-refractivity contribution in [3.63, 3.8) is 0 Å². The van der Waals surface area contributed by atoms with Crippen LogP contribution in [0.1, 0.15) is 0 Å². The van der Waals surface area contributed by atoms with E-state index in [0.717, 1.165) is 16.2 Å². The lowest BCUT2D eigenvalue weighted by molar-refractivity contribution is 1.06. The fraction of sp³-hybridized carbons (Fsp3) is 0.111. The van der Waals surface area contributed by atoms with Gasteiger partial charge < -0.3 is 4.98 Å². The maximum atomic E-state index is 4.31. The molecule has 0 radical (unpaired) electrons. The minimum atomic E-state index is 0.583. The average molecular weight is 157 g/mol. The number of hydrogen-bond donors (Lipinski definition) is 1. The van der Waals surface area contributed by atoms with Gasteiger partial charge >= 0.3 is 0 Å². The third-order valence-corrected chi connectivity index (χ3v) is 2.15. The maximum absolute atomic E-state index is 4.31. The summed E-state index contributed by atoms with van der Waals surface area (Å²) >= 11 is 0. The van der Waals surface area contributed by atoms with E-state index >= 15 is 0 Å². The Morgan fingerprint density at radius 2 is 2.17 bits per heavy atom. The summed E-state index contributed by atoms with van der Waals surface area (Å²) in [6.07, 6.45) is 1.93. The summed E-state index contributed by atoms with van der Waals surface area (Å²) in [5, 5.41) is 3.23. The molecule has 3 nitrogen and oxygen atoms in total.